The Morgan fingerprint density at radius 2 is 1.76 bits per heavy atom. The number of hydrogen-bond acceptors (Lipinski definition) is 4. The molecule has 0 spiro atoms. The van der Waals surface area contributed by atoms with E-state index in [1.165, 1.54) is 24.0 Å². The number of aromatic nitrogens is 2. The van der Waals surface area contributed by atoms with Gasteiger partial charge in [-0.25, -0.2) is 17.7 Å². The van der Waals surface area contributed by atoms with E-state index in [1.54, 1.807) is 18.2 Å². The summed E-state index contributed by atoms with van der Waals surface area (Å²) in [7, 11) is -0.516. The van der Waals surface area contributed by atoms with Gasteiger partial charge in [-0.2, -0.15) is 0 Å². The molecule has 0 aliphatic heterocycles. The summed E-state index contributed by atoms with van der Waals surface area (Å²) >= 11 is 0. The number of amides is 1. The van der Waals surface area contributed by atoms with Crippen LogP contribution in [0, 0.1) is 5.92 Å². The standard InChI is InChI=1S/C26H36N4O3S/c1-7-19-9-11-20(12-10-19)26(18(3)4)28-25(31)16-15-24-27-22-17-21(34(32,33)29(5)6)13-14-23(22)30(24)8-2/h9-14,17-18,26H,7-8,15-16H2,1-6H3,(H,28,31). The van der Waals surface area contributed by atoms with Gasteiger partial charge in [-0.3, -0.25) is 4.79 Å². The molecule has 1 unspecified atom stereocenters. The maximum atomic E-state index is 12.9. The van der Waals surface area contributed by atoms with Gasteiger partial charge >= 0.3 is 0 Å². The predicted molar refractivity (Wildman–Crippen MR) is 136 cm³/mol. The molecule has 3 rings (SSSR count). The second-order valence-electron chi connectivity index (χ2n) is 9.09. The molecule has 0 aliphatic rings. The van der Waals surface area contributed by atoms with Crippen LogP contribution in [-0.4, -0.2) is 42.3 Å². The van der Waals surface area contributed by atoms with Crippen LogP contribution in [-0.2, 0) is 34.2 Å². The van der Waals surface area contributed by atoms with E-state index in [4.69, 9.17) is 0 Å². The third-order valence-electron chi connectivity index (χ3n) is 6.20. The van der Waals surface area contributed by atoms with Gasteiger partial charge in [-0.05, 0) is 48.6 Å². The van der Waals surface area contributed by atoms with E-state index >= 15 is 0 Å². The Labute approximate surface area is 203 Å². The van der Waals surface area contributed by atoms with Crippen molar-refractivity contribution in [1.82, 2.24) is 19.2 Å². The first kappa shape index (κ1) is 25.9. The van der Waals surface area contributed by atoms with Crippen LogP contribution in [0.3, 0.4) is 0 Å². The maximum Gasteiger partial charge on any atom is 0.242 e. The van der Waals surface area contributed by atoms with Crippen molar-refractivity contribution in [3.63, 3.8) is 0 Å². The highest BCUT2D eigenvalue weighted by atomic mass is 32.2. The molecule has 1 heterocycles. The Morgan fingerprint density at radius 1 is 1.09 bits per heavy atom. The number of nitrogens with zero attached hydrogens (tertiary/aromatic N) is 3. The van der Waals surface area contributed by atoms with Crippen molar-refractivity contribution >= 4 is 27.0 Å². The first-order chi connectivity index (χ1) is 16.1. The summed E-state index contributed by atoms with van der Waals surface area (Å²) in [6, 6.07) is 13.4. The Bertz CT molecular complexity index is 1250. The van der Waals surface area contributed by atoms with Crippen LogP contribution in [0.15, 0.2) is 47.4 Å². The quantitative estimate of drug-likeness (QED) is 0.465. The van der Waals surface area contributed by atoms with E-state index in [9.17, 15) is 13.2 Å². The van der Waals surface area contributed by atoms with Crippen molar-refractivity contribution < 1.29 is 13.2 Å². The molecule has 1 aromatic heterocycles. The third-order valence-corrected chi connectivity index (χ3v) is 8.01. The minimum Gasteiger partial charge on any atom is -0.349 e. The molecule has 0 aliphatic carbocycles. The predicted octanol–water partition coefficient (Wildman–Crippen LogP) is 4.32. The molecule has 0 radical (unpaired) electrons. The van der Waals surface area contributed by atoms with Gasteiger partial charge in [0, 0.05) is 33.5 Å². The van der Waals surface area contributed by atoms with Crippen LogP contribution in [0.5, 0.6) is 0 Å². The van der Waals surface area contributed by atoms with Gasteiger partial charge in [-0.1, -0.05) is 45.0 Å². The smallest absolute Gasteiger partial charge is 0.242 e. The van der Waals surface area contributed by atoms with Crippen molar-refractivity contribution in [3.8, 4) is 0 Å². The zero-order valence-corrected chi connectivity index (χ0v) is 21.8. The van der Waals surface area contributed by atoms with Crippen molar-refractivity contribution in [2.75, 3.05) is 14.1 Å². The van der Waals surface area contributed by atoms with Crippen molar-refractivity contribution in [3.05, 3.63) is 59.4 Å². The van der Waals surface area contributed by atoms with E-state index in [1.807, 2.05) is 11.5 Å². The van der Waals surface area contributed by atoms with E-state index in [0.29, 0.717) is 24.9 Å². The lowest BCUT2D eigenvalue weighted by atomic mass is 9.94. The van der Waals surface area contributed by atoms with E-state index in [0.717, 1.165) is 23.3 Å². The van der Waals surface area contributed by atoms with Gasteiger partial charge in [0.2, 0.25) is 15.9 Å². The minimum atomic E-state index is -3.54. The summed E-state index contributed by atoms with van der Waals surface area (Å²) in [5.41, 5.74) is 3.87. The summed E-state index contributed by atoms with van der Waals surface area (Å²) in [5, 5.41) is 3.19. The SMILES string of the molecule is CCc1ccc(C(NC(=O)CCc2nc3cc(S(=O)(=O)N(C)C)ccc3n2CC)C(C)C)cc1. The van der Waals surface area contributed by atoms with Crippen LogP contribution in [0.4, 0.5) is 0 Å². The number of fused-ring (bicyclic) bond motifs is 1. The van der Waals surface area contributed by atoms with Crippen molar-refractivity contribution in [2.24, 2.45) is 5.92 Å². The van der Waals surface area contributed by atoms with E-state index in [2.05, 4.69) is 55.3 Å². The van der Waals surface area contributed by atoms with Crippen LogP contribution >= 0.6 is 0 Å². The minimum absolute atomic E-state index is 0.0242. The number of carbonyl (C=O) groups excluding carboxylic acids is 1. The third kappa shape index (κ3) is 5.50. The second kappa shape index (κ2) is 10.7. The zero-order chi connectivity index (χ0) is 25.0. The molecule has 2 aromatic carbocycles. The molecule has 0 fully saturated rings. The van der Waals surface area contributed by atoms with E-state index in [-0.39, 0.29) is 22.8 Å². The van der Waals surface area contributed by atoms with Gasteiger partial charge in [0.15, 0.2) is 0 Å². The lowest BCUT2D eigenvalue weighted by molar-refractivity contribution is -0.122. The van der Waals surface area contributed by atoms with Crippen LogP contribution in [0.2, 0.25) is 0 Å². The highest BCUT2D eigenvalue weighted by molar-refractivity contribution is 7.89. The molecule has 1 atom stereocenters. The molecule has 8 heteroatoms. The highest BCUT2D eigenvalue weighted by Crippen LogP contribution is 2.24. The van der Waals surface area contributed by atoms with Crippen molar-refractivity contribution in [2.45, 2.75) is 64.4 Å². The number of aryl methyl sites for hydroxylation is 3. The molecular formula is C26H36N4O3S. The largest absolute Gasteiger partial charge is 0.349 e. The average molecular weight is 485 g/mol. The Morgan fingerprint density at radius 3 is 2.32 bits per heavy atom. The number of benzene rings is 2. The number of carbonyl (C=O) groups is 1. The maximum absolute atomic E-state index is 12.9. The molecule has 184 valence electrons. The van der Waals surface area contributed by atoms with E-state index < -0.39 is 10.0 Å². The van der Waals surface area contributed by atoms with Gasteiger partial charge < -0.3 is 9.88 Å². The fourth-order valence-electron chi connectivity index (χ4n) is 4.14. The summed E-state index contributed by atoms with van der Waals surface area (Å²) < 4.78 is 28.2. The molecule has 7 nitrogen and oxygen atoms in total. The zero-order valence-electron chi connectivity index (χ0n) is 21.0. The summed E-state index contributed by atoms with van der Waals surface area (Å²) in [5.74, 6) is 1.01. The molecule has 34 heavy (non-hydrogen) atoms. The number of nitrogens with one attached hydrogen (secondary N) is 1. The van der Waals surface area contributed by atoms with Gasteiger partial charge in [0.1, 0.15) is 5.82 Å². The van der Waals surface area contributed by atoms with Crippen LogP contribution in [0.25, 0.3) is 11.0 Å². The molecule has 1 amide bonds. The first-order valence-electron chi connectivity index (χ1n) is 11.9. The summed E-state index contributed by atoms with van der Waals surface area (Å²) in [6.45, 7) is 9.04. The molecule has 0 saturated heterocycles. The second-order valence-corrected chi connectivity index (χ2v) is 11.2. The Hall–Kier alpha value is -2.71. The van der Waals surface area contributed by atoms with Gasteiger partial charge in [0.25, 0.3) is 0 Å². The Kier molecular flexibility index (Phi) is 8.15. The highest BCUT2D eigenvalue weighted by Gasteiger charge is 2.21. The average Bonchev–Trinajstić information content (AvgIpc) is 3.17. The topological polar surface area (TPSA) is 84.3 Å². The molecule has 0 bridgehead atoms. The molecule has 1 N–H and O–H groups in total. The molecule has 0 saturated carbocycles. The number of rotatable bonds is 10. The first-order valence-corrected chi connectivity index (χ1v) is 13.3. The number of imidazole rings is 1. The van der Waals surface area contributed by atoms with Gasteiger partial charge in [0.05, 0.1) is 22.0 Å². The van der Waals surface area contributed by atoms with Crippen LogP contribution < -0.4 is 5.32 Å². The summed E-state index contributed by atoms with van der Waals surface area (Å²) in [4.78, 5) is 17.8. The fourth-order valence-corrected chi connectivity index (χ4v) is 5.06. The normalized spacial score (nSPS) is 13.1. The fraction of sp³-hybridized carbons (Fsp3) is 0.462. The molecular weight excluding hydrogens is 448 g/mol. The van der Waals surface area contributed by atoms with Gasteiger partial charge in [-0.15, -0.1) is 0 Å². The lowest BCUT2D eigenvalue weighted by Gasteiger charge is -2.23. The number of sulfonamides is 1. The number of hydrogen-bond donors (Lipinski definition) is 1. The monoisotopic (exact) mass is 484 g/mol. The summed E-state index contributed by atoms with van der Waals surface area (Å²) in [6.07, 6.45) is 1.77. The Balaban J connectivity index is 1.77. The lowest BCUT2D eigenvalue weighted by Crippen LogP contribution is -2.32. The van der Waals surface area contributed by atoms with Crippen molar-refractivity contribution in [1.29, 1.82) is 0 Å². The van der Waals surface area contributed by atoms with Crippen LogP contribution in [0.1, 0.15) is 57.1 Å². The molecule has 3 aromatic rings.